The number of hydrogen-bond acceptors (Lipinski definition) is 5. The maximum absolute atomic E-state index is 13.5. The lowest BCUT2D eigenvalue weighted by Crippen LogP contribution is -2.47. The van der Waals surface area contributed by atoms with Crippen molar-refractivity contribution >= 4 is 22.5 Å². The van der Waals surface area contributed by atoms with E-state index in [1.807, 2.05) is 18.2 Å². The highest BCUT2D eigenvalue weighted by molar-refractivity contribution is 5.86. The third-order valence-corrected chi connectivity index (χ3v) is 6.57. The molecule has 8 heteroatoms. The van der Waals surface area contributed by atoms with Crippen LogP contribution in [0.4, 0.5) is 16.0 Å². The van der Waals surface area contributed by atoms with Gasteiger partial charge in [-0.2, -0.15) is 0 Å². The molecule has 0 saturated carbocycles. The summed E-state index contributed by atoms with van der Waals surface area (Å²) < 4.78 is 18.8. The summed E-state index contributed by atoms with van der Waals surface area (Å²) in [4.78, 5) is 20.7. The molecule has 7 nitrogen and oxygen atoms in total. The Morgan fingerprint density at radius 3 is 2.63 bits per heavy atom. The zero-order chi connectivity index (χ0) is 24.2. The van der Waals surface area contributed by atoms with Gasteiger partial charge in [0.15, 0.2) is 5.69 Å². The third kappa shape index (κ3) is 4.96. The van der Waals surface area contributed by atoms with Gasteiger partial charge in [0.25, 0.3) is 0 Å². The van der Waals surface area contributed by atoms with Gasteiger partial charge in [0.05, 0.1) is 13.7 Å². The van der Waals surface area contributed by atoms with E-state index in [-0.39, 0.29) is 5.82 Å². The second-order valence-corrected chi connectivity index (χ2v) is 8.70. The molecule has 0 aliphatic carbocycles. The van der Waals surface area contributed by atoms with Crippen molar-refractivity contribution in [3.8, 4) is 16.9 Å². The van der Waals surface area contributed by atoms with Crippen molar-refractivity contribution in [2.45, 2.75) is 12.8 Å². The number of anilines is 1. The van der Waals surface area contributed by atoms with Crippen LogP contribution in [0.2, 0.25) is 0 Å². The second kappa shape index (κ2) is 10.1. The van der Waals surface area contributed by atoms with E-state index in [1.54, 1.807) is 18.5 Å². The quantitative estimate of drug-likeness (QED) is 0.382. The van der Waals surface area contributed by atoms with Crippen LogP contribution in [0, 0.1) is 12.4 Å². The summed E-state index contributed by atoms with van der Waals surface area (Å²) in [7, 11) is 1.53. The summed E-state index contributed by atoms with van der Waals surface area (Å²) in [5.41, 5.74) is 4.61. The first-order valence-corrected chi connectivity index (χ1v) is 11.8. The number of halogens is 1. The molecule has 35 heavy (non-hydrogen) atoms. The van der Waals surface area contributed by atoms with Crippen LogP contribution in [0.25, 0.3) is 26.9 Å². The van der Waals surface area contributed by atoms with Gasteiger partial charge in [0.1, 0.15) is 11.6 Å². The normalized spacial score (nSPS) is 14.3. The topological polar surface area (TPSA) is 61.6 Å². The SMILES string of the molecule is [C-]#[N+]c1ccc2[nH]cc(CCCN3CCN(c4ncc(-c5ccc(F)cc5OC)cn4)CC3)c2c1. The van der Waals surface area contributed by atoms with Gasteiger partial charge >= 0.3 is 0 Å². The van der Waals surface area contributed by atoms with E-state index < -0.39 is 0 Å². The number of aryl methyl sites for hydroxylation is 1. The smallest absolute Gasteiger partial charge is 0.225 e. The number of nitrogens with one attached hydrogen (secondary N) is 1. The molecule has 0 bridgehead atoms. The summed E-state index contributed by atoms with van der Waals surface area (Å²) in [6.45, 7) is 12.0. The summed E-state index contributed by atoms with van der Waals surface area (Å²) >= 11 is 0. The summed E-state index contributed by atoms with van der Waals surface area (Å²) in [5.74, 6) is 0.843. The highest BCUT2D eigenvalue weighted by Crippen LogP contribution is 2.30. The number of methoxy groups -OCH3 is 1. The van der Waals surface area contributed by atoms with Gasteiger partial charge in [-0.1, -0.05) is 6.07 Å². The number of benzene rings is 2. The number of H-pyrrole nitrogens is 1. The van der Waals surface area contributed by atoms with Crippen molar-refractivity contribution in [1.82, 2.24) is 19.9 Å². The van der Waals surface area contributed by atoms with Crippen LogP contribution in [0.3, 0.4) is 0 Å². The van der Waals surface area contributed by atoms with Crippen molar-refractivity contribution in [2.24, 2.45) is 0 Å². The monoisotopic (exact) mass is 470 g/mol. The van der Waals surface area contributed by atoms with Gasteiger partial charge in [-0.3, -0.25) is 4.90 Å². The molecule has 0 atom stereocenters. The molecule has 1 fully saturated rings. The van der Waals surface area contributed by atoms with Crippen molar-refractivity contribution in [3.63, 3.8) is 0 Å². The van der Waals surface area contributed by atoms with Crippen molar-refractivity contribution < 1.29 is 9.13 Å². The number of fused-ring (bicyclic) bond motifs is 1. The number of ether oxygens (including phenoxy) is 1. The van der Waals surface area contributed by atoms with Gasteiger partial charge in [-0.05, 0) is 54.6 Å². The van der Waals surface area contributed by atoms with Gasteiger partial charge in [-0.25, -0.2) is 19.2 Å². The Morgan fingerprint density at radius 2 is 1.89 bits per heavy atom. The van der Waals surface area contributed by atoms with Crippen molar-refractivity contribution in [2.75, 3.05) is 44.7 Å². The Balaban J connectivity index is 1.14. The minimum absolute atomic E-state index is 0.336. The van der Waals surface area contributed by atoms with Gasteiger partial charge in [0, 0.05) is 67.5 Å². The Labute approximate surface area is 204 Å². The van der Waals surface area contributed by atoms with Crippen LogP contribution < -0.4 is 9.64 Å². The molecule has 1 saturated heterocycles. The van der Waals surface area contributed by atoms with E-state index >= 15 is 0 Å². The molecular formula is C27H27FN6O. The van der Waals surface area contributed by atoms with E-state index in [1.165, 1.54) is 24.8 Å². The molecule has 5 rings (SSSR count). The minimum Gasteiger partial charge on any atom is -0.496 e. The molecular weight excluding hydrogens is 443 g/mol. The zero-order valence-corrected chi connectivity index (χ0v) is 19.7. The number of nitrogens with zero attached hydrogens (tertiary/aromatic N) is 5. The largest absolute Gasteiger partial charge is 0.496 e. The van der Waals surface area contributed by atoms with E-state index in [2.05, 4.69) is 35.8 Å². The van der Waals surface area contributed by atoms with Crippen LogP contribution in [0.1, 0.15) is 12.0 Å². The molecule has 1 aliphatic rings. The number of rotatable bonds is 7. The summed E-state index contributed by atoms with van der Waals surface area (Å²) in [6.07, 6.45) is 7.66. The first kappa shape index (κ1) is 22.8. The van der Waals surface area contributed by atoms with Gasteiger partial charge in [0.2, 0.25) is 5.95 Å². The fourth-order valence-corrected chi connectivity index (χ4v) is 4.63. The molecule has 178 valence electrons. The third-order valence-electron chi connectivity index (χ3n) is 6.57. The number of hydrogen-bond donors (Lipinski definition) is 1. The van der Waals surface area contributed by atoms with Crippen LogP contribution in [0.15, 0.2) is 55.0 Å². The Bertz CT molecular complexity index is 1350. The van der Waals surface area contributed by atoms with E-state index in [4.69, 9.17) is 11.3 Å². The molecule has 0 unspecified atom stereocenters. The Morgan fingerprint density at radius 1 is 1.09 bits per heavy atom. The van der Waals surface area contributed by atoms with E-state index in [9.17, 15) is 4.39 Å². The number of piperazine rings is 1. The molecule has 2 aromatic carbocycles. The second-order valence-electron chi connectivity index (χ2n) is 8.70. The van der Waals surface area contributed by atoms with E-state index in [0.29, 0.717) is 17.4 Å². The summed E-state index contributed by atoms with van der Waals surface area (Å²) in [6, 6.07) is 10.3. The predicted molar refractivity (Wildman–Crippen MR) is 136 cm³/mol. The molecule has 2 aromatic heterocycles. The maximum atomic E-state index is 13.5. The first-order valence-electron chi connectivity index (χ1n) is 11.8. The molecule has 3 heterocycles. The van der Waals surface area contributed by atoms with E-state index in [0.717, 1.165) is 67.6 Å². The average molecular weight is 471 g/mol. The average Bonchev–Trinajstić information content (AvgIpc) is 3.31. The lowest BCUT2D eigenvalue weighted by molar-refractivity contribution is 0.254. The lowest BCUT2D eigenvalue weighted by Gasteiger charge is -2.34. The van der Waals surface area contributed by atoms with Gasteiger partial charge in [-0.15, -0.1) is 0 Å². The highest BCUT2D eigenvalue weighted by atomic mass is 19.1. The van der Waals surface area contributed by atoms with Crippen LogP contribution in [-0.4, -0.2) is 59.7 Å². The Hall–Kier alpha value is -3.96. The van der Waals surface area contributed by atoms with Crippen LogP contribution >= 0.6 is 0 Å². The van der Waals surface area contributed by atoms with Crippen molar-refractivity contribution in [3.05, 3.63) is 77.8 Å². The maximum Gasteiger partial charge on any atom is 0.225 e. The van der Waals surface area contributed by atoms with Crippen LogP contribution in [0.5, 0.6) is 5.75 Å². The lowest BCUT2D eigenvalue weighted by atomic mass is 10.1. The molecule has 1 N–H and O–H groups in total. The van der Waals surface area contributed by atoms with Gasteiger partial charge < -0.3 is 14.6 Å². The number of aromatic amines is 1. The fraction of sp³-hybridized carbons (Fsp3) is 0.296. The molecule has 0 spiro atoms. The summed E-state index contributed by atoms with van der Waals surface area (Å²) in [5, 5.41) is 1.15. The molecule has 0 amide bonds. The Kier molecular flexibility index (Phi) is 6.59. The minimum atomic E-state index is -0.336. The first-order chi connectivity index (χ1) is 17.1. The highest BCUT2D eigenvalue weighted by Gasteiger charge is 2.19. The van der Waals surface area contributed by atoms with Crippen LogP contribution in [-0.2, 0) is 6.42 Å². The zero-order valence-electron chi connectivity index (χ0n) is 19.7. The fourth-order valence-electron chi connectivity index (χ4n) is 4.63. The van der Waals surface area contributed by atoms with Crippen molar-refractivity contribution in [1.29, 1.82) is 0 Å². The molecule has 4 aromatic rings. The number of aromatic nitrogens is 3. The molecule has 1 aliphatic heterocycles. The standard InChI is InChI=1S/C27H27FN6O/c1-29-22-6-8-25-24(15-22)19(16-30-25)4-3-9-33-10-12-34(13-11-33)27-31-17-20(18-32-27)23-7-5-21(28)14-26(23)35-2/h5-8,14-18,30H,3-4,9-13H2,2H3. The predicted octanol–water partition coefficient (Wildman–Crippen LogP) is 5.08. The molecule has 0 radical (unpaired) electrons.